The number of carbonyl (C=O) groups excluding carboxylic acids is 1. The Kier molecular flexibility index (Phi) is 5.26. The highest BCUT2D eigenvalue weighted by Crippen LogP contribution is 2.48. The fourth-order valence-corrected chi connectivity index (χ4v) is 5.37. The summed E-state index contributed by atoms with van der Waals surface area (Å²) in [6.45, 7) is 0. The number of nitrogens with zero attached hydrogens (tertiary/aromatic N) is 1. The van der Waals surface area contributed by atoms with Crippen LogP contribution in [0.2, 0.25) is 0 Å². The standard InChI is InChI=1S/C24H23NOS2/c1-25-22-14-11-18(17-9-12-20(28-3)13-10-17)15-21(22)24(16-27-2,23(25)26)19-7-5-4-6-8-19/h4-15H,16H2,1-3H3/t24-/m0/s1. The Balaban J connectivity index is 1.91. The molecule has 2 nitrogen and oxygen atoms in total. The SMILES string of the molecule is CSC[C@@]1(c2ccccc2)C(=O)N(C)c2ccc(-c3ccc(SC)cc3)cc21. The van der Waals surface area contributed by atoms with E-state index in [-0.39, 0.29) is 5.91 Å². The zero-order valence-corrected chi connectivity index (χ0v) is 17.9. The molecule has 28 heavy (non-hydrogen) atoms. The van der Waals surface area contributed by atoms with E-state index in [2.05, 4.69) is 67.1 Å². The van der Waals surface area contributed by atoms with Crippen LogP contribution in [-0.4, -0.2) is 31.2 Å². The summed E-state index contributed by atoms with van der Waals surface area (Å²) in [4.78, 5) is 16.6. The summed E-state index contributed by atoms with van der Waals surface area (Å²) in [5.74, 6) is 0.875. The molecule has 0 fully saturated rings. The summed E-state index contributed by atoms with van der Waals surface area (Å²) in [5.41, 5.74) is 4.86. The molecule has 1 atom stereocenters. The number of benzene rings is 3. The van der Waals surface area contributed by atoms with Crippen LogP contribution in [0.3, 0.4) is 0 Å². The molecule has 1 amide bonds. The lowest BCUT2D eigenvalue weighted by Gasteiger charge is -2.28. The number of anilines is 1. The van der Waals surface area contributed by atoms with Gasteiger partial charge in [-0.25, -0.2) is 0 Å². The van der Waals surface area contributed by atoms with Gasteiger partial charge in [-0.2, -0.15) is 11.8 Å². The van der Waals surface area contributed by atoms with Crippen LogP contribution in [0.5, 0.6) is 0 Å². The molecule has 1 heterocycles. The van der Waals surface area contributed by atoms with Gasteiger partial charge in [-0.1, -0.05) is 48.5 Å². The summed E-state index contributed by atoms with van der Waals surface area (Å²) in [6.07, 6.45) is 4.16. The predicted molar refractivity (Wildman–Crippen MR) is 123 cm³/mol. The van der Waals surface area contributed by atoms with Crippen LogP contribution in [0.4, 0.5) is 5.69 Å². The van der Waals surface area contributed by atoms with Crippen molar-refractivity contribution in [3.05, 3.63) is 83.9 Å². The van der Waals surface area contributed by atoms with Crippen molar-refractivity contribution in [1.29, 1.82) is 0 Å². The number of rotatable bonds is 5. The van der Waals surface area contributed by atoms with Gasteiger partial charge >= 0.3 is 0 Å². The van der Waals surface area contributed by atoms with Crippen LogP contribution in [0.25, 0.3) is 11.1 Å². The van der Waals surface area contributed by atoms with E-state index in [0.717, 1.165) is 28.1 Å². The van der Waals surface area contributed by atoms with Gasteiger partial charge in [0.25, 0.3) is 0 Å². The summed E-state index contributed by atoms with van der Waals surface area (Å²) < 4.78 is 0. The van der Waals surface area contributed by atoms with Crippen molar-refractivity contribution in [2.45, 2.75) is 10.3 Å². The van der Waals surface area contributed by atoms with Crippen LogP contribution in [0.15, 0.2) is 77.7 Å². The van der Waals surface area contributed by atoms with E-state index in [9.17, 15) is 4.79 Å². The Bertz CT molecular complexity index is 1000. The van der Waals surface area contributed by atoms with Gasteiger partial charge in [0.2, 0.25) is 5.91 Å². The van der Waals surface area contributed by atoms with E-state index in [1.54, 1.807) is 23.5 Å². The van der Waals surface area contributed by atoms with E-state index < -0.39 is 5.41 Å². The largest absolute Gasteiger partial charge is 0.314 e. The summed E-state index contributed by atoms with van der Waals surface area (Å²) in [7, 11) is 1.89. The van der Waals surface area contributed by atoms with Crippen molar-refractivity contribution in [2.24, 2.45) is 0 Å². The molecule has 3 aromatic rings. The van der Waals surface area contributed by atoms with Gasteiger partial charge in [0, 0.05) is 23.4 Å². The van der Waals surface area contributed by atoms with E-state index in [0.29, 0.717) is 0 Å². The van der Waals surface area contributed by atoms with E-state index in [1.165, 1.54) is 10.5 Å². The first-order valence-corrected chi connectivity index (χ1v) is 11.9. The number of fused-ring (bicyclic) bond motifs is 1. The molecule has 0 N–H and O–H groups in total. The van der Waals surface area contributed by atoms with Gasteiger partial charge in [-0.3, -0.25) is 4.79 Å². The predicted octanol–water partition coefficient (Wildman–Crippen LogP) is 5.70. The van der Waals surface area contributed by atoms with Gasteiger partial charge in [-0.15, -0.1) is 11.8 Å². The van der Waals surface area contributed by atoms with Crippen LogP contribution in [0, 0.1) is 0 Å². The van der Waals surface area contributed by atoms with Crippen molar-refractivity contribution in [2.75, 3.05) is 30.2 Å². The number of thioether (sulfide) groups is 2. The summed E-state index contributed by atoms with van der Waals surface area (Å²) >= 11 is 3.46. The van der Waals surface area contributed by atoms with E-state index in [4.69, 9.17) is 0 Å². The fourth-order valence-electron chi connectivity index (χ4n) is 4.09. The molecule has 0 radical (unpaired) electrons. The molecule has 1 aliphatic heterocycles. The lowest BCUT2D eigenvalue weighted by molar-refractivity contribution is -0.120. The lowest BCUT2D eigenvalue weighted by Crippen LogP contribution is -2.41. The van der Waals surface area contributed by atoms with Gasteiger partial charge in [0.05, 0.1) is 0 Å². The number of hydrogen-bond donors (Lipinski definition) is 0. The minimum absolute atomic E-state index is 0.151. The van der Waals surface area contributed by atoms with Crippen molar-refractivity contribution in [1.82, 2.24) is 0 Å². The minimum Gasteiger partial charge on any atom is -0.314 e. The van der Waals surface area contributed by atoms with Crippen LogP contribution in [0.1, 0.15) is 11.1 Å². The zero-order valence-electron chi connectivity index (χ0n) is 16.3. The molecule has 0 saturated heterocycles. The topological polar surface area (TPSA) is 20.3 Å². The first kappa shape index (κ1) is 19.2. The molecule has 0 aliphatic carbocycles. The normalized spacial score (nSPS) is 18.4. The first-order valence-electron chi connectivity index (χ1n) is 9.23. The Morgan fingerprint density at radius 3 is 2.21 bits per heavy atom. The third-order valence-electron chi connectivity index (χ3n) is 5.54. The molecule has 1 aliphatic rings. The highest BCUT2D eigenvalue weighted by Gasteiger charge is 2.50. The molecule has 142 valence electrons. The van der Waals surface area contributed by atoms with Crippen molar-refractivity contribution in [3.63, 3.8) is 0 Å². The van der Waals surface area contributed by atoms with Crippen LogP contribution in [-0.2, 0) is 10.2 Å². The second-order valence-corrected chi connectivity index (χ2v) is 8.77. The maximum atomic E-state index is 13.5. The second-order valence-electron chi connectivity index (χ2n) is 7.03. The Hall–Kier alpha value is -2.17. The molecule has 0 bridgehead atoms. The molecule has 0 unspecified atom stereocenters. The maximum Gasteiger partial charge on any atom is 0.242 e. The number of amides is 1. The van der Waals surface area contributed by atoms with E-state index >= 15 is 0 Å². The Morgan fingerprint density at radius 1 is 0.893 bits per heavy atom. The molecule has 4 heteroatoms. The smallest absolute Gasteiger partial charge is 0.242 e. The average Bonchev–Trinajstić information content (AvgIpc) is 2.97. The molecule has 0 spiro atoms. The average molecular weight is 406 g/mol. The lowest BCUT2D eigenvalue weighted by atomic mass is 9.76. The van der Waals surface area contributed by atoms with Gasteiger partial charge in [-0.05, 0) is 59.0 Å². The third-order valence-corrected chi connectivity index (χ3v) is 7.00. The fraction of sp³-hybridized carbons (Fsp3) is 0.208. The number of carbonyl (C=O) groups is 1. The molecule has 4 rings (SSSR count). The Morgan fingerprint density at radius 2 is 1.57 bits per heavy atom. The van der Waals surface area contributed by atoms with Gasteiger partial charge < -0.3 is 4.90 Å². The molecular weight excluding hydrogens is 382 g/mol. The highest BCUT2D eigenvalue weighted by atomic mass is 32.2. The van der Waals surface area contributed by atoms with Gasteiger partial charge in [0.15, 0.2) is 0 Å². The minimum atomic E-state index is -0.639. The third kappa shape index (κ3) is 2.96. The van der Waals surface area contributed by atoms with Crippen LogP contribution < -0.4 is 4.90 Å². The number of hydrogen-bond acceptors (Lipinski definition) is 3. The highest BCUT2D eigenvalue weighted by molar-refractivity contribution is 7.98. The summed E-state index contributed by atoms with van der Waals surface area (Å²) in [5, 5.41) is 0. The van der Waals surface area contributed by atoms with Crippen molar-refractivity contribution in [3.8, 4) is 11.1 Å². The number of likely N-dealkylation sites (N-methyl/N-ethyl adjacent to an activating group) is 1. The second kappa shape index (κ2) is 7.69. The molecular formula is C24H23NOS2. The molecule has 0 aromatic heterocycles. The quantitative estimate of drug-likeness (QED) is 0.508. The molecule has 0 saturated carbocycles. The Labute approximate surface area is 175 Å². The zero-order chi connectivity index (χ0) is 19.7. The molecule has 3 aromatic carbocycles. The van der Waals surface area contributed by atoms with E-state index in [1.807, 2.05) is 30.1 Å². The van der Waals surface area contributed by atoms with Crippen molar-refractivity contribution < 1.29 is 4.79 Å². The summed E-state index contributed by atoms with van der Waals surface area (Å²) in [6, 6.07) is 25.3. The van der Waals surface area contributed by atoms with Crippen LogP contribution >= 0.6 is 23.5 Å². The maximum absolute atomic E-state index is 13.5. The van der Waals surface area contributed by atoms with Crippen molar-refractivity contribution >= 4 is 35.1 Å². The first-order chi connectivity index (χ1) is 13.6. The monoisotopic (exact) mass is 405 g/mol. The van der Waals surface area contributed by atoms with Gasteiger partial charge in [0.1, 0.15) is 5.41 Å².